The van der Waals surface area contributed by atoms with Crippen molar-refractivity contribution in [3.63, 3.8) is 0 Å². The Morgan fingerprint density at radius 1 is 1.42 bits per heavy atom. The van der Waals surface area contributed by atoms with E-state index >= 15 is 0 Å². The predicted octanol–water partition coefficient (Wildman–Crippen LogP) is 2.60. The van der Waals surface area contributed by atoms with Crippen molar-refractivity contribution in [1.29, 1.82) is 0 Å². The number of hydrogen-bond donors (Lipinski definition) is 2. The van der Waals surface area contributed by atoms with Crippen molar-refractivity contribution in [2.45, 2.75) is 32.2 Å². The summed E-state index contributed by atoms with van der Waals surface area (Å²) in [6.07, 6.45) is 2.67. The van der Waals surface area contributed by atoms with E-state index in [1.165, 1.54) is 12.8 Å². The van der Waals surface area contributed by atoms with Crippen LogP contribution in [0.5, 0.6) is 5.75 Å². The van der Waals surface area contributed by atoms with Crippen molar-refractivity contribution in [1.82, 2.24) is 10.3 Å². The number of nitrogens with zero attached hydrogens (tertiary/aromatic N) is 1. The maximum atomic E-state index is 12.0. The van der Waals surface area contributed by atoms with Gasteiger partial charge in [-0.15, -0.1) is 11.3 Å². The standard InChI is InChI=1S/C18H23N3O2S/c1-2-23-15-7-5-13(6-8-15)18-21-14(11-24-18)9-17(22)20-10-16(19)12-3-4-12/h5-8,11-12,16H,2-4,9-10,19H2,1H3,(H,20,22). The van der Waals surface area contributed by atoms with Gasteiger partial charge in [-0.3, -0.25) is 4.79 Å². The third-order valence-electron chi connectivity index (χ3n) is 4.07. The fourth-order valence-corrected chi connectivity index (χ4v) is 3.36. The predicted molar refractivity (Wildman–Crippen MR) is 96.1 cm³/mol. The molecule has 0 spiro atoms. The number of carbonyl (C=O) groups is 1. The highest BCUT2D eigenvalue weighted by Crippen LogP contribution is 2.31. The molecular formula is C18H23N3O2S. The highest BCUT2D eigenvalue weighted by molar-refractivity contribution is 7.13. The van der Waals surface area contributed by atoms with Gasteiger partial charge in [0.25, 0.3) is 0 Å². The molecule has 6 heteroatoms. The van der Waals surface area contributed by atoms with Crippen LogP contribution in [0.15, 0.2) is 29.6 Å². The van der Waals surface area contributed by atoms with Crippen LogP contribution in [-0.2, 0) is 11.2 Å². The lowest BCUT2D eigenvalue weighted by Crippen LogP contribution is -2.39. The summed E-state index contributed by atoms with van der Waals surface area (Å²) in [6, 6.07) is 7.94. The van der Waals surface area contributed by atoms with Crippen LogP contribution in [0.3, 0.4) is 0 Å². The summed E-state index contributed by atoms with van der Waals surface area (Å²) in [7, 11) is 0. The Balaban J connectivity index is 1.53. The minimum Gasteiger partial charge on any atom is -0.494 e. The van der Waals surface area contributed by atoms with Gasteiger partial charge in [0.05, 0.1) is 18.7 Å². The lowest BCUT2D eigenvalue weighted by molar-refractivity contribution is -0.120. The molecular weight excluding hydrogens is 322 g/mol. The number of thiazole rings is 1. The van der Waals surface area contributed by atoms with Crippen LogP contribution in [0.4, 0.5) is 0 Å². The molecule has 3 N–H and O–H groups in total. The first-order valence-corrected chi connectivity index (χ1v) is 9.23. The number of ether oxygens (including phenoxy) is 1. The molecule has 1 aromatic carbocycles. The molecule has 5 nitrogen and oxygen atoms in total. The average Bonchev–Trinajstić information content (AvgIpc) is 3.34. The van der Waals surface area contributed by atoms with E-state index in [1.54, 1.807) is 11.3 Å². The molecule has 1 aromatic heterocycles. The lowest BCUT2D eigenvalue weighted by Gasteiger charge is -2.10. The van der Waals surface area contributed by atoms with Gasteiger partial charge in [0.2, 0.25) is 5.91 Å². The van der Waals surface area contributed by atoms with Gasteiger partial charge in [-0.2, -0.15) is 0 Å². The molecule has 1 amide bonds. The monoisotopic (exact) mass is 345 g/mol. The normalized spacial score (nSPS) is 15.1. The smallest absolute Gasteiger partial charge is 0.226 e. The molecule has 1 heterocycles. The second kappa shape index (κ2) is 7.77. The van der Waals surface area contributed by atoms with E-state index in [-0.39, 0.29) is 11.9 Å². The molecule has 0 aliphatic heterocycles. The second-order valence-electron chi connectivity index (χ2n) is 6.08. The zero-order valence-corrected chi connectivity index (χ0v) is 14.6. The third kappa shape index (κ3) is 4.55. The molecule has 1 saturated carbocycles. The molecule has 1 fully saturated rings. The topological polar surface area (TPSA) is 77.2 Å². The maximum absolute atomic E-state index is 12.0. The highest BCUT2D eigenvalue weighted by atomic mass is 32.1. The Bertz CT molecular complexity index is 680. The van der Waals surface area contributed by atoms with Crippen molar-refractivity contribution in [2.24, 2.45) is 11.7 Å². The molecule has 0 bridgehead atoms. The van der Waals surface area contributed by atoms with Crippen molar-refractivity contribution < 1.29 is 9.53 Å². The molecule has 3 rings (SSSR count). The summed E-state index contributed by atoms with van der Waals surface area (Å²) in [5.74, 6) is 1.43. The zero-order valence-electron chi connectivity index (χ0n) is 13.8. The van der Waals surface area contributed by atoms with Crippen LogP contribution in [-0.4, -0.2) is 30.1 Å². The van der Waals surface area contributed by atoms with Gasteiger partial charge in [-0.25, -0.2) is 4.98 Å². The summed E-state index contributed by atoms with van der Waals surface area (Å²) in [6.45, 7) is 3.17. The van der Waals surface area contributed by atoms with Crippen LogP contribution in [0, 0.1) is 5.92 Å². The van der Waals surface area contributed by atoms with Crippen LogP contribution in [0.25, 0.3) is 10.6 Å². The van der Waals surface area contributed by atoms with Crippen molar-refractivity contribution in [3.05, 3.63) is 35.3 Å². The molecule has 1 atom stereocenters. The first-order valence-electron chi connectivity index (χ1n) is 8.35. The summed E-state index contributed by atoms with van der Waals surface area (Å²) in [5.41, 5.74) is 7.82. The summed E-state index contributed by atoms with van der Waals surface area (Å²) >= 11 is 1.55. The molecule has 2 aromatic rings. The van der Waals surface area contributed by atoms with Gasteiger partial charge in [-0.1, -0.05) is 0 Å². The zero-order chi connectivity index (χ0) is 16.9. The van der Waals surface area contributed by atoms with E-state index < -0.39 is 0 Å². The molecule has 128 valence electrons. The summed E-state index contributed by atoms with van der Waals surface area (Å²) < 4.78 is 5.44. The van der Waals surface area contributed by atoms with Crippen molar-refractivity contribution in [3.8, 4) is 16.3 Å². The van der Waals surface area contributed by atoms with E-state index in [0.29, 0.717) is 25.5 Å². The summed E-state index contributed by atoms with van der Waals surface area (Å²) in [5, 5.41) is 5.76. The fourth-order valence-electron chi connectivity index (χ4n) is 2.53. The molecule has 0 radical (unpaired) electrons. The molecule has 1 unspecified atom stereocenters. The minimum absolute atomic E-state index is 0.0188. The Labute approximate surface area is 146 Å². The molecule has 1 aliphatic rings. The summed E-state index contributed by atoms with van der Waals surface area (Å²) in [4.78, 5) is 16.6. The Hall–Kier alpha value is -1.92. The highest BCUT2D eigenvalue weighted by Gasteiger charge is 2.28. The van der Waals surface area contributed by atoms with Gasteiger partial charge < -0.3 is 15.8 Å². The lowest BCUT2D eigenvalue weighted by atomic mass is 10.2. The number of hydrogen-bond acceptors (Lipinski definition) is 5. The Morgan fingerprint density at radius 2 is 2.17 bits per heavy atom. The second-order valence-corrected chi connectivity index (χ2v) is 6.94. The first-order chi connectivity index (χ1) is 11.7. The number of aromatic nitrogens is 1. The van der Waals surface area contributed by atoms with Gasteiger partial charge in [0.1, 0.15) is 10.8 Å². The van der Waals surface area contributed by atoms with E-state index in [9.17, 15) is 4.79 Å². The van der Waals surface area contributed by atoms with Gasteiger partial charge >= 0.3 is 0 Å². The van der Waals surface area contributed by atoms with E-state index in [0.717, 1.165) is 22.0 Å². The SMILES string of the molecule is CCOc1ccc(-c2nc(CC(=O)NCC(N)C3CC3)cs2)cc1. The van der Waals surface area contributed by atoms with Crippen LogP contribution >= 0.6 is 11.3 Å². The van der Waals surface area contributed by atoms with Crippen LogP contribution < -0.4 is 15.8 Å². The van der Waals surface area contributed by atoms with Crippen LogP contribution in [0.1, 0.15) is 25.5 Å². The van der Waals surface area contributed by atoms with Gasteiger partial charge in [0, 0.05) is 23.5 Å². The van der Waals surface area contributed by atoms with E-state index in [1.807, 2.05) is 36.6 Å². The number of benzene rings is 1. The van der Waals surface area contributed by atoms with Gasteiger partial charge in [0.15, 0.2) is 0 Å². The third-order valence-corrected chi connectivity index (χ3v) is 5.01. The van der Waals surface area contributed by atoms with E-state index in [4.69, 9.17) is 10.5 Å². The quantitative estimate of drug-likeness (QED) is 0.771. The molecule has 1 aliphatic carbocycles. The number of nitrogens with two attached hydrogens (primary N) is 1. The largest absolute Gasteiger partial charge is 0.494 e. The van der Waals surface area contributed by atoms with Crippen molar-refractivity contribution >= 4 is 17.2 Å². The number of nitrogens with one attached hydrogen (secondary N) is 1. The van der Waals surface area contributed by atoms with Gasteiger partial charge in [-0.05, 0) is 49.9 Å². The first kappa shape index (κ1) is 16.9. The molecule has 0 saturated heterocycles. The van der Waals surface area contributed by atoms with Crippen molar-refractivity contribution in [2.75, 3.05) is 13.2 Å². The minimum atomic E-state index is -0.0188. The maximum Gasteiger partial charge on any atom is 0.226 e. The number of rotatable bonds is 8. The fraction of sp³-hybridized carbons (Fsp3) is 0.444. The Morgan fingerprint density at radius 3 is 2.83 bits per heavy atom. The van der Waals surface area contributed by atoms with Crippen LogP contribution in [0.2, 0.25) is 0 Å². The Kier molecular flexibility index (Phi) is 5.48. The molecule has 24 heavy (non-hydrogen) atoms. The number of amides is 1. The van der Waals surface area contributed by atoms with E-state index in [2.05, 4.69) is 10.3 Å². The average molecular weight is 345 g/mol. The number of carbonyl (C=O) groups excluding carboxylic acids is 1.